The van der Waals surface area contributed by atoms with Crippen molar-refractivity contribution < 1.29 is 13.3 Å². The molecule has 0 unspecified atom stereocenters. The minimum atomic E-state index is 0.857. The van der Waals surface area contributed by atoms with Crippen LogP contribution in [0.15, 0.2) is 177 Å². The Hall–Kier alpha value is -6.78. The van der Waals surface area contributed by atoms with E-state index in [0.717, 1.165) is 99.4 Å². The number of hydrogen-bond acceptors (Lipinski definition) is 4. The van der Waals surface area contributed by atoms with Crippen molar-refractivity contribution in [2.24, 2.45) is 0 Å². The zero-order chi connectivity index (χ0) is 32.8. The Kier molecular flexibility index (Phi) is 5.63. The summed E-state index contributed by atoms with van der Waals surface area (Å²) in [5, 5.41) is 9.03. The summed E-state index contributed by atoms with van der Waals surface area (Å²) in [4.78, 5) is 2.29. The molecule has 11 aromatic rings. The number of benzene rings is 8. The fourth-order valence-electron chi connectivity index (χ4n) is 7.60. The van der Waals surface area contributed by atoms with Crippen LogP contribution in [0.1, 0.15) is 0 Å². The highest BCUT2D eigenvalue weighted by molar-refractivity contribution is 6.11. The van der Waals surface area contributed by atoms with Gasteiger partial charge in [-0.25, -0.2) is 0 Å². The first-order chi connectivity index (χ1) is 24.7. The predicted octanol–water partition coefficient (Wildman–Crippen LogP) is 13.7. The maximum absolute atomic E-state index is 6.34. The van der Waals surface area contributed by atoms with Crippen molar-refractivity contribution >= 4 is 93.7 Å². The van der Waals surface area contributed by atoms with E-state index in [1.54, 1.807) is 0 Å². The van der Waals surface area contributed by atoms with E-state index >= 15 is 0 Å². The summed E-state index contributed by atoms with van der Waals surface area (Å²) in [6.07, 6.45) is 0. The van der Waals surface area contributed by atoms with Gasteiger partial charge in [0.1, 0.15) is 33.5 Å². The van der Waals surface area contributed by atoms with E-state index in [1.807, 2.05) is 36.4 Å². The number of nitrogens with zero attached hydrogens (tertiary/aromatic N) is 1. The van der Waals surface area contributed by atoms with Gasteiger partial charge in [0.2, 0.25) is 0 Å². The maximum atomic E-state index is 6.34. The van der Waals surface area contributed by atoms with E-state index in [-0.39, 0.29) is 0 Å². The number of furan rings is 3. The standard InChI is InChI=1S/C46H27NO3/c1-4-10-41-35(7-1)38-21-19-34(27-46(38)50-41)47(33-20-22-44-40(26-33)37-9-3-5-11-42(37)48-44)32-17-15-28(16-18-32)29-13-14-30-25-45-39(24-31(30)23-29)36-8-2-6-12-43(36)49-45/h1-27H. The van der Waals surface area contributed by atoms with E-state index in [1.165, 1.54) is 5.39 Å². The summed E-state index contributed by atoms with van der Waals surface area (Å²) in [6.45, 7) is 0. The number of anilines is 3. The van der Waals surface area contributed by atoms with E-state index < -0.39 is 0 Å². The van der Waals surface area contributed by atoms with Crippen molar-refractivity contribution in [3.05, 3.63) is 164 Å². The van der Waals surface area contributed by atoms with Crippen molar-refractivity contribution in [2.45, 2.75) is 0 Å². The minimum absolute atomic E-state index is 0.857. The molecule has 4 heteroatoms. The first-order valence-electron chi connectivity index (χ1n) is 16.8. The summed E-state index contributed by atoms with van der Waals surface area (Å²) >= 11 is 0. The lowest BCUT2D eigenvalue weighted by molar-refractivity contribution is 0.668. The zero-order valence-electron chi connectivity index (χ0n) is 26.8. The summed E-state index contributed by atoms with van der Waals surface area (Å²) in [6, 6.07) is 57.4. The lowest BCUT2D eigenvalue weighted by Gasteiger charge is -2.25. The molecule has 8 aromatic carbocycles. The molecule has 0 bridgehead atoms. The molecule has 234 valence electrons. The maximum Gasteiger partial charge on any atom is 0.137 e. The first kappa shape index (κ1) is 27.2. The van der Waals surface area contributed by atoms with Crippen LogP contribution in [0.2, 0.25) is 0 Å². The smallest absolute Gasteiger partial charge is 0.137 e. The Balaban J connectivity index is 1.04. The van der Waals surface area contributed by atoms with Gasteiger partial charge >= 0.3 is 0 Å². The molecule has 3 aromatic heterocycles. The Bertz CT molecular complexity index is 3110. The Morgan fingerprint density at radius 3 is 1.50 bits per heavy atom. The van der Waals surface area contributed by atoms with Crippen LogP contribution in [0.4, 0.5) is 17.1 Å². The summed E-state index contributed by atoms with van der Waals surface area (Å²) in [7, 11) is 0. The van der Waals surface area contributed by atoms with Gasteiger partial charge in [-0.2, -0.15) is 0 Å². The molecule has 0 radical (unpaired) electrons. The number of rotatable bonds is 4. The van der Waals surface area contributed by atoms with Crippen LogP contribution in [0.5, 0.6) is 0 Å². The minimum Gasteiger partial charge on any atom is -0.456 e. The van der Waals surface area contributed by atoms with Crippen LogP contribution >= 0.6 is 0 Å². The van der Waals surface area contributed by atoms with E-state index in [9.17, 15) is 0 Å². The molecule has 0 aliphatic heterocycles. The fraction of sp³-hybridized carbons (Fsp3) is 0. The SMILES string of the molecule is c1ccc2c(c1)oc1cc(N(c3ccc(-c4ccc5cc6oc7ccccc7c6cc5c4)cc3)c3ccc4oc5ccccc5c4c3)ccc12. The Labute approximate surface area is 286 Å². The largest absolute Gasteiger partial charge is 0.456 e. The lowest BCUT2D eigenvalue weighted by Crippen LogP contribution is -2.09. The first-order valence-corrected chi connectivity index (χ1v) is 16.8. The monoisotopic (exact) mass is 641 g/mol. The highest BCUT2D eigenvalue weighted by atomic mass is 16.3. The van der Waals surface area contributed by atoms with Crippen LogP contribution in [0.3, 0.4) is 0 Å². The molecule has 0 saturated carbocycles. The van der Waals surface area contributed by atoms with Gasteiger partial charge in [0.15, 0.2) is 0 Å². The quantitative estimate of drug-likeness (QED) is 0.192. The molecule has 4 nitrogen and oxygen atoms in total. The number of fused-ring (bicyclic) bond motifs is 10. The molecule has 0 spiro atoms. The van der Waals surface area contributed by atoms with Crippen molar-refractivity contribution in [2.75, 3.05) is 4.90 Å². The van der Waals surface area contributed by atoms with Gasteiger partial charge in [0, 0.05) is 55.4 Å². The molecule has 0 saturated heterocycles. The van der Waals surface area contributed by atoms with E-state index in [0.29, 0.717) is 0 Å². The topological polar surface area (TPSA) is 42.7 Å². The fourth-order valence-corrected chi connectivity index (χ4v) is 7.60. The van der Waals surface area contributed by atoms with E-state index in [2.05, 4.69) is 132 Å². The molecule has 0 aliphatic carbocycles. The molecule has 0 fully saturated rings. The molecular weight excluding hydrogens is 615 g/mol. The van der Waals surface area contributed by atoms with Gasteiger partial charge < -0.3 is 18.2 Å². The van der Waals surface area contributed by atoms with Crippen molar-refractivity contribution in [3.63, 3.8) is 0 Å². The molecule has 0 amide bonds. The van der Waals surface area contributed by atoms with Crippen molar-refractivity contribution in [1.82, 2.24) is 0 Å². The second-order valence-electron chi connectivity index (χ2n) is 12.9. The highest BCUT2D eigenvalue weighted by Gasteiger charge is 2.18. The van der Waals surface area contributed by atoms with Crippen molar-refractivity contribution in [3.8, 4) is 11.1 Å². The van der Waals surface area contributed by atoms with Gasteiger partial charge in [-0.15, -0.1) is 0 Å². The molecule has 3 heterocycles. The highest BCUT2D eigenvalue weighted by Crippen LogP contribution is 2.42. The third-order valence-electron chi connectivity index (χ3n) is 10.0. The molecule has 0 aliphatic rings. The third-order valence-corrected chi connectivity index (χ3v) is 10.0. The summed E-state index contributed by atoms with van der Waals surface area (Å²) < 4.78 is 18.7. The molecular formula is C46H27NO3. The second-order valence-corrected chi connectivity index (χ2v) is 12.9. The van der Waals surface area contributed by atoms with E-state index in [4.69, 9.17) is 13.3 Å². The van der Waals surface area contributed by atoms with Crippen LogP contribution in [-0.4, -0.2) is 0 Å². The molecule has 11 rings (SSSR count). The van der Waals surface area contributed by atoms with Crippen LogP contribution < -0.4 is 4.90 Å². The molecule has 0 atom stereocenters. The van der Waals surface area contributed by atoms with Gasteiger partial charge in [0.05, 0.1) is 0 Å². The average Bonchev–Trinajstić information content (AvgIpc) is 3.84. The predicted molar refractivity (Wildman–Crippen MR) is 206 cm³/mol. The number of hydrogen-bond donors (Lipinski definition) is 0. The van der Waals surface area contributed by atoms with Gasteiger partial charge in [0.25, 0.3) is 0 Å². The summed E-state index contributed by atoms with van der Waals surface area (Å²) in [5.74, 6) is 0. The summed E-state index contributed by atoms with van der Waals surface area (Å²) in [5.41, 5.74) is 10.7. The van der Waals surface area contributed by atoms with Crippen LogP contribution in [0.25, 0.3) is 87.7 Å². The van der Waals surface area contributed by atoms with Gasteiger partial charge in [-0.3, -0.25) is 0 Å². The van der Waals surface area contributed by atoms with Crippen LogP contribution in [0, 0.1) is 0 Å². The third kappa shape index (κ3) is 4.12. The number of para-hydroxylation sites is 3. The van der Waals surface area contributed by atoms with Crippen LogP contribution in [-0.2, 0) is 0 Å². The zero-order valence-corrected chi connectivity index (χ0v) is 26.8. The van der Waals surface area contributed by atoms with Crippen molar-refractivity contribution in [1.29, 1.82) is 0 Å². The lowest BCUT2D eigenvalue weighted by atomic mass is 9.99. The van der Waals surface area contributed by atoms with Gasteiger partial charge in [-0.1, -0.05) is 78.9 Å². The Morgan fingerprint density at radius 2 is 0.780 bits per heavy atom. The second kappa shape index (κ2) is 10.4. The average molecular weight is 642 g/mol. The normalized spacial score (nSPS) is 12.0. The van der Waals surface area contributed by atoms with Gasteiger partial charge in [-0.05, 0) is 101 Å². The Morgan fingerprint density at radius 1 is 0.280 bits per heavy atom. The molecule has 0 N–H and O–H groups in total. The molecule has 50 heavy (non-hydrogen) atoms.